The third-order valence-corrected chi connectivity index (χ3v) is 5.57. The number of aliphatic hydroxyl groups excluding tert-OH is 1. The second-order valence-electron chi connectivity index (χ2n) is 7.31. The smallest absolute Gasteiger partial charge is 0.317 e. The fourth-order valence-corrected chi connectivity index (χ4v) is 3.88. The molecule has 2 amide bonds. The van der Waals surface area contributed by atoms with E-state index >= 15 is 0 Å². The first kappa shape index (κ1) is 18.4. The third-order valence-electron chi connectivity index (χ3n) is 5.57. The fourth-order valence-electron chi connectivity index (χ4n) is 3.88. The molecule has 2 N–H and O–H groups in total. The highest BCUT2D eigenvalue weighted by atomic mass is 16.3. The van der Waals surface area contributed by atoms with Crippen molar-refractivity contribution in [1.82, 2.24) is 24.8 Å². The van der Waals surface area contributed by atoms with Crippen LogP contribution in [0.3, 0.4) is 0 Å². The van der Waals surface area contributed by atoms with E-state index in [0.717, 1.165) is 29.3 Å². The highest BCUT2D eigenvalue weighted by Gasteiger charge is 2.30. The molecule has 2 aromatic heterocycles. The molecule has 1 aromatic carbocycles. The zero-order valence-corrected chi connectivity index (χ0v) is 16.0. The number of aliphatic hydroxyl groups is 1. The summed E-state index contributed by atoms with van der Waals surface area (Å²) in [4.78, 5) is 23.0. The minimum Gasteiger partial charge on any atom is -0.385 e. The van der Waals surface area contributed by atoms with E-state index in [1.807, 2.05) is 53.0 Å². The Balaban J connectivity index is 1.32. The van der Waals surface area contributed by atoms with Crippen molar-refractivity contribution >= 4 is 16.9 Å². The molecule has 0 aliphatic carbocycles. The number of amides is 2. The number of para-hydroxylation sites is 1. The van der Waals surface area contributed by atoms with E-state index in [4.69, 9.17) is 0 Å². The summed E-state index contributed by atoms with van der Waals surface area (Å²) in [5.74, 6) is 0.807. The minimum absolute atomic E-state index is 0.0641. The Morgan fingerprint density at radius 2 is 2.00 bits per heavy atom. The van der Waals surface area contributed by atoms with E-state index in [0.29, 0.717) is 25.5 Å². The average Bonchev–Trinajstić information content (AvgIpc) is 3.17. The molecule has 3 aromatic rings. The number of piperidine rings is 1. The van der Waals surface area contributed by atoms with Crippen molar-refractivity contribution in [2.24, 2.45) is 13.0 Å². The van der Waals surface area contributed by atoms with Crippen LogP contribution in [0.25, 0.3) is 10.9 Å². The van der Waals surface area contributed by atoms with Crippen molar-refractivity contribution < 1.29 is 9.90 Å². The van der Waals surface area contributed by atoms with Gasteiger partial charge in [0.25, 0.3) is 0 Å². The molecule has 1 aliphatic rings. The van der Waals surface area contributed by atoms with Crippen molar-refractivity contribution in [2.75, 3.05) is 13.1 Å². The predicted molar refractivity (Wildman–Crippen MR) is 106 cm³/mol. The summed E-state index contributed by atoms with van der Waals surface area (Å²) in [5.41, 5.74) is 1.98. The maximum atomic E-state index is 12.6. The van der Waals surface area contributed by atoms with Gasteiger partial charge in [-0.15, -0.1) is 0 Å². The van der Waals surface area contributed by atoms with Crippen LogP contribution >= 0.6 is 0 Å². The summed E-state index contributed by atoms with van der Waals surface area (Å²) < 4.78 is 1.85. The van der Waals surface area contributed by atoms with Crippen LogP contribution in [0, 0.1) is 5.92 Å². The molecule has 0 spiro atoms. The van der Waals surface area contributed by atoms with Crippen molar-refractivity contribution in [1.29, 1.82) is 0 Å². The molecule has 1 fully saturated rings. The van der Waals surface area contributed by atoms with Gasteiger partial charge in [0.05, 0.1) is 5.52 Å². The van der Waals surface area contributed by atoms with E-state index < -0.39 is 6.10 Å². The summed E-state index contributed by atoms with van der Waals surface area (Å²) in [5, 5.41) is 14.7. The number of imidazole rings is 1. The number of hydrogen-bond donors (Lipinski definition) is 2. The molecule has 4 rings (SSSR count). The topological polar surface area (TPSA) is 83.3 Å². The summed E-state index contributed by atoms with van der Waals surface area (Å²) in [6, 6.07) is 9.81. The highest BCUT2D eigenvalue weighted by molar-refractivity contribution is 5.82. The molecule has 0 unspecified atom stereocenters. The van der Waals surface area contributed by atoms with Gasteiger partial charge in [0.15, 0.2) is 0 Å². The number of urea groups is 1. The molecule has 7 nitrogen and oxygen atoms in total. The van der Waals surface area contributed by atoms with Crippen LogP contribution in [0.4, 0.5) is 4.79 Å². The minimum atomic E-state index is -0.589. The SMILES string of the molecule is Cn1ccnc1[C@H](O)C1CCN(C(=O)NCc2ccnc3ccccc23)CC1. The highest BCUT2D eigenvalue weighted by Crippen LogP contribution is 2.29. The Bertz CT molecular complexity index is 957. The summed E-state index contributed by atoms with van der Waals surface area (Å²) >= 11 is 0. The van der Waals surface area contributed by atoms with Gasteiger partial charge in [-0.25, -0.2) is 9.78 Å². The number of aryl methyl sites for hydroxylation is 1. The van der Waals surface area contributed by atoms with Gasteiger partial charge < -0.3 is 19.9 Å². The molecule has 3 heterocycles. The van der Waals surface area contributed by atoms with E-state index in [1.54, 1.807) is 12.4 Å². The van der Waals surface area contributed by atoms with Crippen LogP contribution in [-0.4, -0.2) is 43.7 Å². The van der Waals surface area contributed by atoms with Crippen LogP contribution in [0.2, 0.25) is 0 Å². The van der Waals surface area contributed by atoms with Gasteiger partial charge in [-0.05, 0) is 36.5 Å². The maximum absolute atomic E-state index is 12.6. The lowest BCUT2D eigenvalue weighted by atomic mass is 9.91. The number of likely N-dealkylation sites (tertiary alicyclic amines) is 1. The number of aromatic nitrogens is 3. The Labute approximate surface area is 164 Å². The second-order valence-corrected chi connectivity index (χ2v) is 7.31. The zero-order chi connectivity index (χ0) is 19.5. The number of carbonyl (C=O) groups is 1. The number of pyridine rings is 1. The molecule has 146 valence electrons. The first-order valence-corrected chi connectivity index (χ1v) is 9.64. The summed E-state index contributed by atoms with van der Waals surface area (Å²) in [7, 11) is 1.89. The second kappa shape index (κ2) is 7.98. The van der Waals surface area contributed by atoms with Gasteiger partial charge in [-0.1, -0.05) is 18.2 Å². The molecule has 0 bridgehead atoms. The molecule has 0 radical (unpaired) electrons. The lowest BCUT2D eigenvalue weighted by Gasteiger charge is -2.34. The molecular weight excluding hydrogens is 354 g/mol. The number of hydrogen-bond acceptors (Lipinski definition) is 4. The molecule has 28 heavy (non-hydrogen) atoms. The number of nitrogens with one attached hydrogen (secondary N) is 1. The largest absolute Gasteiger partial charge is 0.385 e. The van der Waals surface area contributed by atoms with Crippen LogP contribution in [0.5, 0.6) is 0 Å². The maximum Gasteiger partial charge on any atom is 0.317 e. The molecule has 0 saturated carbocycles. The van der Waals surface area contributed by atoms with Crippen LogP contribution < -0.4 is 5.32 Å². The molecular formula is C21H25N5O2. The van der Waals surface area contributed by atoms with Gasteiger partial charge >= 0.3 is 6.03 Å². The monoisotopic (exact) mass is 379 g/mol. The van der Waals surface area contributed by atoms with Crippen molar-refractivity contribution in [3.05, 3.63) is 60.3 Å². The zero-order valence-electron chi connectivity index (χ0n) is 16.0. The fraction of sp³-hybridized carbons (Fsp3) is 0.381. The van der Waals surface area contributed by atoms with E-state index in [2.05, 4.69) is 15.3 Å². The normalized spacial score (nSPS) is 16.3. The standard InChI is InChI=1S/C21H25N5O2/c1-25-13-10-23-20(25)19(27)15-7-11-26(12-8-15)21(28)24-14-16-6-9-22-18-5-3-2-4-17(16)18/h2-6,9-10,13,15,19,27H,7-8,11-12,14H2,1H3,(H,24,28)/t19-/m1/s1. The molecule has 1 saturated heterocycles. The Hall–Kier alpha value is -2.93. The third kappa shape index (κ3) is 3.71. The molecule has 1 aliphatic heterocycles. The average molecular weight is 379 g/mol. The number of rotatable bonds is 4. The lowest BCUT2D eigenvalue weighted by molar-refractivity contribution is 0.0584. The van der Waals surface area contributed by atoms with Gasteiger partial charge in [0.1, 0.15) is 11.9 Å². The Morgan fingerprint density at radius 3 is 2.75 bits per heavy atom. The Morgan fingerprint density at radius 1 is 1.21 bits per heavy atom. The first-order chi connectivity index (χ1) is 13.6. The lowest BCUT2D eigenvalue weighted by Crippen LogP contribution is -2.45. The quantitative estimate of drug-likeness (QED) is 0.730. The van der Waals surface area contributed by atoms with Gasteiger partial charge in [0.2, 0.25) is 0 Å². The molecule has 1 atom stereocenters. The van der Waals surface area contributed by atoms with Crippen LogP contribution in [-0.2, 0) is 13.6 Å². The summed E-state index contributed by atoms with van der Waals surface area (Å²) in [6.45, 7) is 1.74. The number of benzene rings is 1. The van der Waals surface area contributed by atoms with Crippen LogP contribution in [0.15, 0.2) is 48.9 Å². The van der Waals surface area contributed by atoms with Crippen LogP contribution in [0.1, 0.15) is 30.3 Å². The number of carbonyl (C=O) groups excluding carboxylic acids is 1. The van der Waals surface area contributed by atoms with Gasteiger partial charge in [-0.3, -0.25) is 4.98 Å². The Kier molecular flexibility index (Phi) is 5.25. The predicted octanol–water partition coefficient (Wildman–Crippen LogP) is 2.62. The van der Waals surface area contributed by atoms with E-state index in [-0.39, 0.29) is 11.9 Å². The van der Waals surface area contributed by atoms with Crippen molar-refractivity contribution in [2.45, 2.75) is 25.5 Å². The summed E-state index contributed by atoms with van der Waals surface area (Å²) in [6.07, 6.45) is 6.25. The van der Waals surface area contributed by atoms with E-state index in [9.17, 15) is 9.90 Å². The number of nitrogens with zero attached hydrogens (tertiary/aromatic N) is 4. The van der Waals surface area contributed by atoms with Gasteiger partial charge in [-0.2, -0.15) is 0 Å². The molecule has 7 heteroatoms. The van der Waals surface area contributed by atoms with Crippen molar-refractivity contribution in [3.8, 4) is 0 Å². The van der Waals surface area contributed by atoms with Crippen molar-refractivity contribution in [3.63, 3.8) is 0 Å². The van der Waals surface area contributed by atoms with E-state index in [1.165, 1.54) is 0 Å². The first-order valence-electron chi connectivity index (χ1n) is 9.64. The van der Waals surface area contributed by atoms with Gasteiger partial charge in [0, 0.05) is 50.7 Å². The number of fused-ring (bicyclic) bond motifs is 1.